The lowest BCUT2D eigenvalue weighted by Gasteiger charge is -2.22. The van der Waals surface area contributed by atoms with Crippen molar-refractivity contribution in [3.63, 3.8) is 0 Å². The summed E-state index contributed by atoms with van der Waals surface area (Å²) in [4.78, 5) is 2.08. The normalized spacial score (nSPS) is 11.3. The number of aliphatic hydroxyl groups excluding tert-OH is 1. The van der Waals surface area contributed by atoms with Gasteiger partial charge >= 0.3 is 0 Å². The van der Waals surface area contributed by atoms with Crippen molar-refractivity contribution < 1.29 is 13.5 Å². The molecule has 0 bridgehead atoms. The number of nitrogens with one attached hydrogen (secondary N) is 2. The second kappa shape index (κ2) is 6.59. The Bertz CT molecular complexity index is 653. The molecule has 2 aromatic rings. The standard InChI is InChI=1S/C13H18N4O3S/c1-2-17(7-8-18)12-5-3-11(4-6-12)16-21(19,20)13-9-14-15-10-13/h3-6,9-10,16,18H,2,7-8H2,1H3,(H,14,15). The average Bonchev–Trinajstić information content (AvgIpc) is 3.00. The molecule has 0 aliphatic heterocycles. The maximum atomic E-state index is 12.0. The zero-order valence-electron chi connectivity index (χ0n) is 11.7. The van der Waals surface area contributed by atoms with Gasteiger partial charge in [-0.25, -0.2) is 8.42 Å². The van der Waals surface area contributed by atoms with Gasteiger partial charge in [0.2, 0.25) is 0 Å². The fourth-order valence-electron chi connectivity index (χ4n) is 1.93. The third-order valence-electron chi connectivity index (χ3n) is 3.02. The van der Waals surface area contributed by atoms with E-state index in [2.05, 4.69) is 14.9 Å². The van der Waals surface area contributed by atoms with Crippen molar-refractivity contribution in [3.8, 4) is 0 Å². The molecule has 0 amide bonds. The third kappa shape index (κ3) is 3.73. The number of rotatable bonds is 7. The number of nitrogens with zero attached hydrogens (tertiary/aromatic N) is 2. The van der Waals surface area contributed by atoms with Crippen LogP contribution >= 0.6 is 0 Å². The number of aromatic amines is 1. The van der Waals surface area contributed by atoms with Crippen LogP contribution in [0.4, 0.5) is 11.4 Å². The Balaban J connectivity index is 2.13. The summed E-state index contributed by atoms with van der Waals surface area (Å²) in [5.41, 5.74) is 1.40. The molecule has 114 valence electrons. The molecule has 0 aliphatic rings. The largest absolute Gasteiger partial charge is 0.395 e. The van der Waals surface area contributed by atoms with Gasteiger partial charge in [-0.1, -0.05) is 0 Å². The number of benzene rings is 1. The Labute approximate surface area is 123 Å². The molecule has 0 saturated heterocycles. The van der Waals surface area contributed by atoms with Gasteiger partial charge in [-0.15, -0.1) is 0 Å². The second-order valence-electron chi connectivity index (χ2n) is 4.39. The number of aromatic nitrogens is 2. The number of likely N-dealkylation sites (N-methyl/N-ethyl adjacent to an activating group) is 1. The summed E-state index contributed by atoms with van der Waals surface area (Å²) in [5.74, 6) is 0. The lowest BCUT2D eigenvalue weighted by atomic mass is 10.2. The molecule has 1 aromatic carbocycles. The number of H-pyrrole nitrogens is 1. The summed E-state index contributed by atoms with van der Waals surface area (Å²) in [6.45, 7) is 3.37. The number of hydrogen-bond donors (Lipinski definition) is 3. The van der Waals surface area contributed by atoms with E-state index in [9.17, 15) is 8.42 Å². The minimum Gasteiger partial charge on any atom is -0.395 e. The van der Waals surface area contributed by atoms with Gasteiger partial charge < -0.3 is 10.0 Å². The van der Waals surface area contributed by atoms with Crippen molar-refractivity contribution in [2.24, 2.45) is 0 Å². The van der Waals surface area contributed by atoms with Crippen LogP contribution in [0.25, 0.3) is 0 Å². The molecular weight excluding hydrogens is 292 g/mol. The highest BCUT2D eigenvalue weighted by molar-refractivity contribution is 7.92. The van der Waals surface area contributed by atoms with Gasteiger partial charge in [-0.2, -0.15) is 5.10 Å². The van der Waals surface area contributed by atoms with Crippen molar-refractivity contribution in [3.05, 3.63) is 36.7 Å². The quantitative estimate of drug-likeness (QED) is 0.709. The fourth-order valence-corrected chi connectivity index (χ4v) is 2.89. The van der Waals surface area contributed by atoms with Gasteiger partial charge in [0.1, 0.15) is 4.90 Å². The molecule has 0 aliphatic carbocycles. The second-order valence-corrected chi connectivity index (χ2v) is 6.07. The van der Waals surface area contributed by atoms with Crippen LogP contribution in [0.3, 0.4) is 0 Å². The first kappa shape index (κ1) is 15.3. The lowest BCUT2D eigenvalue weighted by molar-refractivity contribution is 0.302. The highest BCUT2D eigenvalue weighted by Gasteiger charge is 2.15. The van der Waals surface area contributed by atoms with Gasteiger partial charge in [0.05, 0.1) is 12.8 Å². The zero-order chi connectivity index (χ0) is 15.3. The molecule has 0 spiro atoms. The SMILES string of the molecule is CCN(CCO)c1ccc(NS(=O)(=O)c2cn[nH]c2)cc1. The van der Waals surface area contributed by atoms with E-state index in [1.807, 2.05) is 24.0 Å². The summed E-state index contributed by atoms with van der Waals surface area (Å²) in [5, 5.41) is 15.1. The van der Waals surface area contributed by atoms with Crippen LogP contribution in [0.1, 0.15) is 6.92 Å². The smallest absolute Gasteiger partial charge is 0.265 e. The van der Waals surface area contributed by atoms with Crippen LogP contribution in [-0.4, -0.2) is 43.4 Å². The van der Waals surface area contributed by atoms with Crippen molar-refractivity contribution in [1.29, 1.82) is 0 Å². The van der Waals surface area contributed by atoms with Crippen LogP contribution in [0.15, 0.2) is 41.6 Å². The van der Waals surface area contributed by atoms with Gasteiger partial charge in [-0.05, 0) is 31.2 Å². The van der Waals surface area contributed by atoms with Crippen molar-refractivity contribution in [1.82, 2.24) is 10.2 Å². The van der Waals surface area contributed by atoms with Crippen LogP contribution in [0.2, 0.25) is 0 Å². The van der Waals surface area contributed by atoms with E-state index < -0.39 is 10.0 Å². The first-order valence-corrected chi connectivity index (χ1v) is 8.02. The average molecular weight is 310 g/mol. The molecule has 21 heavy (non-hydrogen) atoms. The van der Waals surface area contributed by atoms with E-state index in [-0.39, 0.29) is 11.5 Å². The van der Waals surface area contributed by atoms with E-state index in [0.29, 0.717) is 12.2 Å². The maximum Gasteiger partial charge on any atom is 0.265 e. The van der Waals surface area contributed by atoms with Crippen LogP contribution < -0.4 is 9.62 Å². The fraction of sp³-hybridized carbons (Fsp3) is 0.308. The summed E-state index contributed by atoms with van der Waals surface area (Å²) < 4.78 is 26.5. The Morgan fingerprint density at radius 1 is 1.33 bits per heavy atom. The molecule has 8 heteroatoms. The number of sulfonamides is 1. The molecular formula is C13H18N4O3S. The van der Waals surface area contributed by atoms with Gasteiger partial charge in [0.15, 0.2) is 0 Å². The topological polar surface area (TPSA) is 98.3 Å². The molecule has 0 atom stereocenters. The maximum absolute atomic E-state index is 12.0. The minimum absolute atomic E-state index is 0.0721. The van der Waals surface area contributed by atoms with Gasteiger partial charge in [0, 0.05) is 30.7 Å². The van der Waals surface area contributed by atoms with Gasteiger partial charge in [-0.3, -0.25) is 9.82 Å². The zero-order valence-corrected chi connectivity index (χ0v) is 12.5. The van der Waals surface area contributed by atoms with E-state index in [0.717, 1.165) is 12.2 Å². The third-order valence-corrected chi connectivity index (χ3v) is 4.37. The summed E-state index contributed by atoms with van der Waals surface area (Å²) in [7, 11) is -3.62. The van der Waals surface area contributed by atoms with E-state index in [1.165, 1.54) is 12.4 Å². The lowest BCUT2D eigenvalue weighted by Crippen LogP contribution is -2.26. The Morgan fingerprint density at radius 3 is 2.57 bits per heavy atom. The van der Waals surface area contributed by atoms with Crippen LogP contribution in [0.5, 0.6) is 0 Å². The Kier molecular flexibility index (Phi) is 4.81. The van der Waals surface area contributed by atoms with Crippen LogP contribution in [0, 0.1) is 0 Å². The molecule has 1 heterocycles. The predicted molar refractivity (Wildman–Crippen MR) is 80.8 cm³/mol. The monoisotopic (exact) mass is 310 g/mol. The van der Waals surface area contributed by atoms with Gasteiger partial charge in [0.25, 0.3) is 10.0 Å². The molecule has 0 fully saturated rings. The summed E-state index contributed by atoms with van der Waals surface area (Å²) in [6.07, 6.45) is 2.56. The van der Waals surface area contributed by atoms with E-state index in [1.54, 1.807) is 12.1 Å². The van der Waals surface area contributed by atoms with Crippen molar-refractivity contribution >= 4 is 21.4 Å². The predicted octanol–water partition coefficient (Wildman–Crippen LogP) is 1.03. The Morgan fingerprint density at radius 2 is 2.05 bits per heavy atom. The summed E-state index contributed by atoms with van der Waals surface area (Å²) >= 11 is 0. The molecule has 2 rings (SSSR count). The number of anilines is 2. The number of hydrogen-bond acceptors (Lipinski definition) is 5. The first-order valence-electron chi connectivity index (χ1n) is 6.54. The molecule has 1 aromatic heterocycles. The van der Waals surface area contributed by atoms with E-state index in [4.69, 9.17) is 5.11 Å². The first-order chi connectivity index (χ1) is 10.1. The minimum atomic E-state index is -3.62. The van der Waals surface area contributed by atoms with Crippen molar-refractivity contribution in [2.75, 3.05) is 29.3 Å². The molecule has 7 nitrogen and oxygen atoms in total. The number of aliphatic hydroxyl groups is 1. The highest BCUT2D eigenvalue weighted by atomic mass is 32.2. The highest BCUT2D eigenvalue weighted by Crippen LogP contribution is 2.20. The Hall–Kier alpha value is -2.06. The molecule has 3 N–H and O–H groups in total. The van der Waals surface area contributed by atoms with Crippen LogP contribution in [-0.2, 0) is 10.0 Å². The van der Waals surface area contributed by atoms with E-state index >= 15 is 0 Å². The van der Waals surface area contributed by atoms with Crippen molar-refractivity contribution in [2.45, 2.75) is 11.8 Å². The molecule has 0 saturated carbocycles. The molecule has 0 unspecified atom stereocenters. The summed E-state index contributed by atoms with van der Waals surface area (Å²) in [6, 6.07) is 7.00. The molecule has 0 radical (unpaired) electrons.